The van der Waals surface area contributed by atoms with E-state index < -0.39 is 0 Å². The third kappa shape index (κ3) is 3.28. The minimum atomic E-state index is 0.562. The summed E-state index contributed by atoms with van der Waals surface area (Å²) < 4.78 is 17.1. The van der Waals surface area contributed by atoms with Gasteiger partial charge in [-0.15, -0.1) is 0 Å². The van der Waals surface area contributed by atoms with Crippen molar-refractivity contribution in [3.63, 3.8) is 0 Å². The molecule has 0 N–H and O–H groups in total. The molecule has 0 spiro atoms. The molecule has 24 heavy (non-hydrogen) atoms. The molecular formula is C18H17BrN2O3. The number of ether oxygens (including phenoxy) is 3. The number of benzene rings is 1. The third-order valence-electron chi connectivity index (χ3n) is 3.72. The van der Waals surface area contributed by atoms with E-state index in [9.17, 15) is 0 Å². The fraction of sp³-hybridized carbons (Fsp3) is 0.222. The van der Waals surface area contributed by atoms with Crippen LogP contribution < -0.4 is 14.2 Å². The van der Waals surface area contributed by atoms with Gasteiger partial charge in [-0.25, -0.2) is 9.97 Å². The van der Waals surface area contributed by atoms with E-state index in [0.717, 1.165) is 26.5 Å². The first-order valence-electron chi connectivity index (χ1n) is 7.34. The van der Waals surface area contributed by atoms with E-state index >= 15 is 0 Å². The summed E-state index contributed by atoms with van der Waals surface area (Å²) >= 11 is 3.50. The number of nitrogens with zero attached hydrogens (tertiary/aromatic N) is 2. The Labute approximate surface area is 148 Å². The molecule has 0 aliphatic rings. The number of fused-ring (bicyclic) bond motifs is 1. The molecule has 0 unspecified atom stereocenters. The summed E-state index contributed by atoms with van der Waals surface area (Å²) in [6, 6.07) is 9.94. The van der Waals surface area contributed by atoms with Crippen LogP contribution in [-0.2, 0) is 6.42 Å². The maximum atomic E-state index is 5.47. The van der Waals surface area contributed by atoms with Crippen LogP contribution in [0.4, 0.5) is 0 Å². The van der Waals surface area contributed by atoms with E-state index in [2.05, 4.69) is 32.0 Å². The van der Waals surface area contributed by atoms with E-state index in [4.69, 9.17) is 14.2 Å². The minimum absolute atomic E-state index is 0.562. The number of hydrogen-bond donors (Lipinski definition) is 0. The topological polar surface area (TPSA) is 53.5 Å². The molecule has 124 valence electrons. The van der Waals surface area contributed by atoms with Crippen LogP contribution >= 0.6 is 15.9 Å². The van der Waals surface area contributed by atoms with Gasteiger partial charge in [-0.05, 0) is 30.3 Å². The summed E-state index contributed by atoms with van der Waals surface area (Å²) in [5.41, 5.74) is 2.75. The SMILES string of the molecule is COc1cnc(OC)c(Cc2cc3cc(Br)ccc3nc2OC)c1. The van der Waals surface area contributed by atoms with Crippen molar-refractivity contribution < 1.29 is 14.2 Å². The van der Waals surface area contributed by atoms with Gasteiger partial charge in [0.05, 0.1) is 33.0 Å². The second-order valence-electron chi connectivity index (χ2n) is 5.21. The smallest absolute Gasteiger partial charge is 0.217 e. The van der Waals surface area contributed by atoms with Crippen molar-refractivity contribution in [3.8, 4) is 17.5 Å². The van der Waals surface area contributed by atoms with Gasteiger partial charge in [0.1, 0.15) is 5.75 Å². The summed E-state index contributed by atoms with van der Waals surface area (Å²) in [7, 11) is 4.84. The first-order chi connectivity index (χ1) is 11.6. The summed E-state index contributed by atoms with van der Waals surface area (Å²) in [4.78, 5) is 8.87. The highest BCUT2D eigenvalue weighted by atomic mass is 79.9. The van der Waals surface area contributed by atoms with E-state index in [0.29, 0.717) is 23.9 Å². The molecule has 0 atom stereocenters. The number of hydrogen-bond acceptors (Lipinski definition) is 5. The van der Waals surface area contributed by atoms with E-state index in [1.54, 1.807) is 27.5 Å². The zero-order chi connectivity index (χ0) is 17.1. The Bertz CT molecular complexity index is 884. The highest BCUT2D eigenvalue weighted by Crippen LogP contribution is 2.30. The van der Waals surface area contributed by atoms with Crippen LogP contribution in [0.25, 0.3) is 10.9 Å². The van der Waals surface area contributed by atoms with Crippen LogP contribution in [0.3, 0.4) is 0 Å². The van der Waals surface area contributed by atoms with Gasteiger partial charge in [0.15, 0.2) is 0 Å². The summed E-state index contributed by atoms with van der Waals surface area (Å²) in [5, 5.41) is 1.04. The van der Waals surface area contributed by atoms with Gasteiger partial charge in [0, 0.05) is 27.4 Å². The normalized spacial score (nSPS) is 10.7. The highest BCUT2D eigenvalue weighted by Gasteiger charge is 2.13. The van der Waals surface area contributed by atoms with Gasteiger partial charge in [-0.1, -0.05) is 15.9 Å². The van der Waals surface area contributed by atoms with Crippen LogP contribution in [0.2, 0.25) is 0 Å². The molecule has 0 aliphatic carbocycles. The molecule has 3 rings (SSSR count). The molecule has 0 radical (unpaired) electrons. The molecule has 1 aromatic carbocycles. The lowest BCUT2D eigenvalue weighted by Gasteiger charge is -2.12. The Morgan fingerprint density at radius 1 is 0.917 bits per heavy atom. The summed E-state index contributed by atoms with van der Waals surface area (Å²) in [6.45, 7) is 0. The van der Waals surface area contributed by atoms with Crippen LogP contribution in [-0.4, -0.2) is 31.3 Å². The fourth-order valence-corrected chi connectivity index (χ4v) is 2.96. The first kappa shape index (κ1) is 16.5. The van der Waals surface area contributed by atoms with Crippen molar-refractivity contribution in [2.24, 2.45) is 0 Å². The molecule has 0 saturated heterocycles. The maximum absolute atomic E-state index is 5.47. The summed E-state index contributed by atoms with van der Waals surface area (Å²) in [6.07, 6.45) is 2.21. The number of aromatic nitrogens is 2. The highest BCUT2D eigenvalue weighted by molar-refractivity contribution is 9.10. The largest absolute Gasteiger partial charge is 0.495 e. The molecule has 0 aliphatic heterocycles. The van der Waals surface area contributed by atoms with Crippen LogP contribution in [0, 0.1) is 0 Å². The third-order valence-corrected chi connectivity index (χ3v) is 4.21. The van der Waals surface area contributed by atoms with Crippen molar-refractivity contribution in [1.82, 2.24) is 9.97 Å². The Morgan fingerprint density at radius 3 is 2.38 bits per heavy atom. The van der Waals surface area contributed by atoms with Gasteiger partial charge in [-0.2, -0.15) is 0 Å². The molecule has 2 aromatic heterocycles. The standard InChI is InChI=1S/C18H17BrN2O3/c1-22-15-9-13(17(23-2)20-10-15)7-12-6-11-8-14(19)4-5-16(11)21-18(12)24-3/h4-6,8-10H,7H2,1-3H3. The van der Waals surface area contributed by atoms with E-state index in [-0.39, 0.29) is 0 Å². The van der Waals surface area contributed by atoms with Gasteiger partial charge in [0.2, 0.25) is 11.8 Å². The van der Waals surface area contributed by atoms with Crippen molar-refractivity contribution in [2.75, 3.05) is 21.3 Å². The minimum Gasteiger partial charge on any atom is -0.495 e. The number of rotatable bonds is 5. The second-order valence-corrected chi connectivity index (χ2v) is 6.13. The molecule has 0 bridgehead atoms. The zero-order valence-corrected chi connectivity index (χ0v) is 15.3. The lowest BCUT2D eigenvalue weighted by Crippen LogP contribution is -2.01. The molecule has 6 heteroatoms. The Kier molecular flexibility index (Phi) is 4.85. The van der Waals surface area contributed by atoms with Gasteiger partial charge >= 0.3 is 0 Å². The van der Waals surface area contributed by atoms with E-state index in [1.165, 1.54) is 0 Å². The summed E-state index contributed by atoms with van der Waals surface area (Å²) in [5.74, 6) is 1.84. The first-order valence-corrected chi connectivity index (χ1v) is 8.14. The average Bonchev–Trinajstić information content (AvgIpc) is 2.61. The van der Waals surface area contributed by atoms with Crippen molar-refractivity contribution in [2.45, 2.75) is 6.42 Å². The Balaban J connectivity index is 2.08. The van der Waals surface area contributed by atoms with Crippen LogP contribution in [0.5, 0.6) is 17.5 Å². The van der Waals surface area contributed by atoms with Crippen molar-refractivity contribution in [3.05, 3.63) is 52.1 Å². The molecule has 0 amide bonds. The number of halogens is 1. The monoisotopic (exact) mass is 388 g/mol. The van der Waals surface area contributed by atoms with Crippen molar-refractivity contribution >= 4 is 26.8 Å². The Hall–Kier alpha value is -2.34. The molecule has 0 fully saturated rings. The zero-order valence-electron chi connectivity index (χ0n) is 13.7. The lowest BCUT2D eigenvalue weighted by atomic mass is 10.0. The lowest BCUT2D eigenvalue weighted by molar-refractivity contribution is 0.381. The predicted molar refractivity (Wildman–Crippen MR) is 96.1 cm³/mol. The second kappa shape index (κ2) is 7.05. The average molecular weight is 389 g/mol. The Morgan fingerprint density at radius 2 is 1.67 bits per heavy atom. The van der Waals surface area contributed by atoms with Gasteiger partial charge in [0.25, 0.3) is 0 Å². The fourth-order valence-electron chi connectivity index (χ4n) is 2.58. The quantitative estimate of drug-likeness (QED) is 0.660. The van der Waals surface area contributed by atoms with E-state index in [1.807, 2.05) is 24.3 Å². The van der Waals surface area contributed by atoms with Gasteiger partial charge < -0.3 is 14.2 Å². The number of methoxy groups -OCH3 is 3. The molecule has 5 nitrogen and oxygen atoms in total. The number of pyridine rings is 2. The molecular weight excluding hydrogens is 372 g/mol. The van der Waals surface area contributed by atoms with Crippen molar-refractivity contribution in [1.29, 1.82) is 0 Å². The van der Waals surface area contributed by atoms with Gasteiger partial charge in [-0.3, -0.25) is 0 Å². The molecule has 0 saturated carbocycles. The predicted octanol–water partition coefficient (Wildman–Crippen LogP) is 4.01. The van der Waals surface area contributed by atoms with Crippen LogP contribution in [0.1, 0.15) is 11.1 Å². The van der Waals surface area contributed by atoms with Crippen LogP contribution in [0.15, 0.2) is 41.0 Å². The molecule has 3 aromatic rings. The molecule has 2 heterocycles. The maximum Gasteiger partial charge on any atom is 0.217 e.